The number of aliphatic carboxylic acids is 1. The van der Waals surface area contributed by atoms with Crippen LogP contribution in [0, 0.1) is 0 Å². The Hall–Kier alpha value is -2.90. The summed E-state index contributed by atoms with van der Waals surface area (Å²) >= 11 is 0. The maximum absolute atomic E-state index is 10.7. The van der Waals surface area contributed by atoms with Crippen molar-refractivity contribution in [3.05, 3.63) is 60.2 Å². The van der Waals surface area contributed by atoms with Crippen molar-refractivity contribution in [1.29, 1.82) is 0 Å². The number of hydrogen-bond donors (Lipinski definition) is 2. The number of hydrazine groups is 1. The standard InChI is InChI=1S/C24H31N3O4/c1-23(2)25-18-27(26-23)24(3,30-17-9-5-8-12-22(28)29)19-13-15-21(16-14-19)31-20-10-6-4-7-11-20/h4,6-7,10-11,13-16,18,26H,5,8-9,12,17H2,1-3H3,(H,28,29). The highest BCUT2D eigenvalue weighted by Crippen LogP contribution is 2.33. The number of nitrogens with one attached hydrogen (secondary N) is 1. The lowest BCUT2D eigenvalue weighted by molar-refractivity contribution is -0.142. The Labute approximate surface area is 183 Å². The Morgan fingerprint density at radius 1 is 1.06 bits per heavy atom. The number of ether oxygens (including phenoxy) is 2. The lowest BCUT2D eigenvalue weighted by Crippen LogP contribution is -2.54. The second-order valence-corrected chi connectivity index (χ2v) is 8.26. The summed E-state index contributed by atoms with van der Waals surface area (Å²) in [6.45, 7) is 6.49. The van der Waals surface area contributed by atoms with Gasteiger partial charge >= 0.3 is 5.97 Å². The molecule has 7 nitrogen and oxygen atoms in total. The van der Waals surface area contributed by atoms with Crippen LogP contribution in [0.1, 0.15) is 52.0 Å². The van der Waals surface area contributed by atoms with E-state index >= 15 is 0 Å². The molecular weight excluding hydrogens is 394 g/mol. The van der Waals surface area contributed by atoms with Gasteiger partial charge < -0.3 is 14.6 Å². The molecule has 166 valence electrons. The van der Waals surface area contributed by atoms with Crippen LogP contribution in [0.2, 0.25) is 0 Å². The van der Waals surface area contributed by atoms with Crippen molar-refractivity contribution >= 4 is 12.3 Å². The lowest BCUT2D eigenvalue weighted by atomic mass is 10.0. The highest BCUT2D eigenvalue weighted by molar-refractivity contribution is 5.66. The van der Waals surface area contributed by atoms with Crippen molar-refractivity contribution < 1.29 is 19.4 Å². The summed E-state index contributed by atoms with van der Waals surface area (Å²) in [4.78, 5) is 15.2. The van der Waals surface area contributed by atoms with E-state index in [0.717, 1.165) is 29.9 Å². The first kappa shape index (κ1) is 22.8. The molecule has 0 amide bonds. The molecule has 31 heavy (non-hydrogen) atoms. The fraction of sp³-hybridized carbons (Fsp3) is 0.417. The van der Waals surface area contributed by atoms with Crippen LogP contribution < -0.4 is 10.2 Å². The van der Waals surface area contributed by atoms with E-state index in [1.165, 1.54) is 0 Å². The average molecular weight is 426 g/mol. The van der Waals surface area contributed by atoms with Crippen molar-refractivity contribution in [2.45, 2.75) is 57.8 Å². The fourth-order valence-corrected chi connectivity index (χ4v) is 3.35. The molecule has 0 bridgehead atoms. The van der Waals surface area contributed by atoms with Gasteiger partial charge in [-0.25, -0.2) is 5.43 Å². The van der Waals surface area contributed by atoms with Gasteiger partial charge in [0.05, 0.1) is 0 Å². The van der Waals surface area contributed by atoms with Crippen molar-refractivity contribution in [3.8, 4) is 11.5 Å². The van der Waals surface area contributed by atoms with Gasteiger partial charge in [-0.15, -0.1) is 0 Å². The van der Waals surface area contributed by atoms with Gasteiger partial charge in [0.2, 0.25) is 0 Å². The molecule has 0 fully saturated rings. The van der Waals surface area contributed by atoms with Crippen molar-refractivity contribution in [3.63, 3.8) is 0 Å². The second kappa shape index (κ2) is 9.94. The molecule has 0 aliphatic carbocycles. The number of hydrogen-bond acceptors (Lipinski definition) is 6. The Morgan fingerprint density at radius 2 is 1.74 bits per heavy atom. The molecule has 0 saturated heterocycles. The smallest absolute Gasteiger partial charge is 0.303 e. The maximum Gasteiger partial charge on any atom is 0.303 e. The van der Waals surface area contributed by atoms with Crippen LogP contribution >= 0.6 is 0 Å². The van der Waals surface area contributed by atoms with E-state index < -0.39 is 17.4 Å². The largest absolute Gasteiger partial charge is 0.481 e. The van der Waals surface area contributed by atoms with E-state index in [0.29, 0.717) is 13.0 Å². The summed E-state index contributed by atoms with van der Waals surface area (Å²) < 4.78 is 12.2. The number of unbranched alkanes of at least 4 members (excludes halogenated alkanes) is 2. The number of benzene rings is 2. The highest BCUT2D eigenvalue weighted by atomic mass is 16.5. The normalized spacial score (nSPS) is 16.8. The molecular formula is C24H31N3O4. The molecule has 1 heterocycles. The van der Waals surface area contributed by atoms with Gasteiger partial charge in [-0.05, 0) is 57.9 Å². The Balaban J connectivity index is 1.70. The van der Waals surface area contributed by atoms with E-state index in [9.17, 15) is 4.79 Å². The molecule has 1 unspecified atom stereocenters. The first-order valence-electron chi connectivity index (χ1n) is 10.6. The van der Waals surface area contributed by atoms with Gasteiger partial charge in [0.1, 0.15) is 23.5 Å². The van der Waals surface area contributed by atoms with Crippen LogP contribution in [0.5, 0.6) is 11.5 Å². The van der Waals surface area contributed by atoms with E-state index in [4.69, 9.17) is 14.6 Å². The molecule has 0 radical (unpaired) electrons. The molecule has 7 heteroatoms. The van der Waals surface area contributed by atoms with Gasteiger partial charge in [0.25, 0.3) is 0 Å². The first-order valence-corrected chi connectivity index (χ1v) is 10.6. The number of nitrogens with zero attached hydrogens (tertiary/aromatic N) is 2. The van der Waals surface area contributed by atoms with Crippen LogP contribution in [0.4, 0.5) is 0 Å². The monoisotopic (exact) mass is 425 g/mol. The van der Waals surface area contributed by atoms with Crippen LogP contribution in [0.15, 0.2) is 59.6 Å². The van der Waals surface area contributed by atoms with Gasteiger partial charge in [-0.3, -0.25) is 14.8 Å². The van der Waals surface area contributed by atoms with E-state index in [-0.39, 0.29) is 6.42 Å². The van der Waals surface area contributed by atoms with Crippen molar-refractivity contribution in [2.24, 2.45) is 4.99 Å². The summed E-state index contributed by atoms with van der Waals surface area (Å²) in [5.74, 6) is 0.767. The quantitative estimate of drug-likeness (QED) is 0.498. The Kier molecular flexibility index (Phi) is 7.30. The number of carboxylic acids is 1. The Morgan fingerprint density at radius 3 is 2.35 bits per heavy atom. The lowest BCUT2D eigenvalue weighted by Gasteiger charge is -2.39. The van der Waals surface area contributed by atoms with Crippen LogP contribution in [0.3, 0.4) is 0 Å². The molecule has 0 saturated carbocycles. The number of rotatable bonds is 11. The maximum atomic E-state index is 10.7. The molecule has 2 aromatic carbocycles. The van der Waals surface area contributed by atoms with Gasteiger partial charge in [0, 0.05) is 18.6 Å². The zero-order valence-electron chi connectivity index (χ0n) is 18.4. The van der Waals surface area contributed by atoms with Gasteiger partial charge in [-0.1, -0.05) is 36.8 Å². The molecule has 0 aromatic heterocycles. The van der Waals surface area contributed by atoms with E-state index in [2.05, 4.69) is 10.4 Å². The van der Waals surface area contributed by atoms with Crippen molar-refractivity contribution in [2.75, 3.05) is 6.61 Å². The number of aliphatic imine (C=N–C) groups is 1. The summed E-state index contributed by atoms with van der Waals surface area (Å²) in [5, 5.41) is 10.7. The summed E-state index contributed by atoms with van der Waals surface area (Å²) in [5.41, 5.74) is 3.13. The Bertz CT molecular complexity index is 883. The summed E-state index contributed by atoms with van der Waals surface area (Å²) in [6, 6.07) is 17.5. The van der Waals surface area contributed by atoms with E-state index in [1.54, 1.807) is 6.34 Å². The summed E-state index contributed by atoms with van der Waals surface area (Å²) in [6.07, 6.45) is 4.19. The number of para-hydroxylation sites is 1. The minimum Gasteiger partial charge on any atom is -0.481 e. The molecule has 0 spiro atoms. The van der Waals surface area contributed by atoms with E-state index in [1.807, 2.05) is 80.4 Å². The predicted molar refractivity (Wildman–Crippen MR) is 120 cm³/mol. The third-order valence-corrected chi connectivity index (χ3v) is 5.14. The molecule has 2 aromatic rings. The SMILES string of the molecule is CC1(C)N=CN(C(C)(OCCCCCC(=O)O)c2ccc(Oc3ccccc3)cc2)N1. The van der Waals surface area contributed by atoms with Crippen LogP contribution in [0.25, 0.3) is 0 Å². The van der Waals surface area contributed by atoms with Crippen molar-refractivity contribution in [1.82, 2.24) is 10.4 Å². The zero-order chi connectivity index (χ0) is 22.3. The third kappa shape index (κ3) is 6.29. The molecule has 1 aliphatic rings. The molecule has 1 atom stereocenters. The average Bonchev–Trinajstić information content (AvgIpc) is 3.12. The third-order valence-electron chi connectivity index (χ3n) is 5.14. The highest BCUT2D eigenvalue weighted by Gasteiger charge is 2.39. The topological polar surface area (TPSA) is 83.4 Å². The minimum atomic E-state index is -0.782. The molecule has 3 rings (SSSR count). The minimum absolute atomic E-state index is 0.189. The van der Waals surface area contributed by atoms with Gasteiger partial charge in [0.15, 0.2) is 5.72 Å². The first-order chi connectivity index (χ1) is 14.8. The number of carbonyl (C=O) groups is 1. The zero-order valence-corrected chi connectivity index (χ0v) is 18.4. The predicted octanol–water partition coefficient (Wildman–Crippen LogP) is 4.90. The molecule has 1 aliphatic heterocycles. The van der Waals surface area contributed by atoms with Crippen LogP contribution in [-0.4, -0.2) is 34.7 Å². The fourth-order valence-electron chi connectivity index (χ4n) is 3.35. The van der Waals surface area contributed by atoms with Gasteiger partial charge in [-0.2, -0.15) is 0 Å². The van der Waals surface area contributed by atoms with Crippen LogP contribution in [-0.2, 0) is 15.3 Å². The molecule has 2 N–H and O–H groups in total. The summed E-state index contributed by atoms with van der Waals surface area (Å²) in [7, 11) is 0. The second-order valence-electron chi connectivity index (χ2n) is 8.26. The number of carboxylic acid groups (broad SMARTS) is 1.